The SMILES string of the molecule is COc1cc(C(=O)O)ccc1N[C@@H](C)c1cc2c(=O)[nH]c(C)nc2nc1C(F)(F)F. The van der Waals surface area contributed by atoms with E-state index in [0.717, 1.165) is 6.07 Å². The van der Waals surface area contributed by atoms with Crippen LogP contribution in [0.25, 0.3) is 11.0 Å². The second-order valence-corrected chi connectivity index (χ2v) is 6.53. The number of carboxylic acids is 1. The zero-order valence-corrected chi connectivity index (χ0v) is 16.1. The smallest absolute Gasteiger partial charge is 0.433 e. The molecule has 0 spiro atoms. The van der Waals surface area contributed by atoms with Gasteiger partial charge in [-0.15, -0.1) is 0 Å². The van der Waals surface area contributed by atoms with E-state index in [1.165, 1.54) is 39.2 Å². The summed E-state index contributed by atoms with van der Waals surface area (Å²) in [5.41, 5.74) is -2.11. The number of aromatic carboxylic acids is 1. The maximum Gasteiger partial charge on any atom is 0.433 e. The Morgan fingerprint density at radius 3 is 2.57 bits per heavy atom. The van der Waals surface area contributed by atoms with E-state index in [4.69, 9.17) is 9.84 Å². The highest BCUT2D eigenvalue weighted by atomic mass is 19.4. The molecule has 0 radical (unpaired) electrons. The molecule has 0 saturated carbocycles. The van der Waals surface area contributed by atoms with E-state index in [9.17, 15) is 22.8 Å². The lowest BCUT2D eigenvalue weighted by Gasteiger charge is -2.21. The molecule has 3 rings (SSSR count). The van der Waals surface area contributed by atoms with Crippen LogP contribution in [0, 0.1) is 6.92 Å². The summed E-state index contributed by atoms with van der Waals surface area (Å²) in [6.45, 7) is 2.90. The number of H-pyrrole nitrogens is 1. The van der Waals surface area contributed by atoms with Gasteiger partial charge in [-0.2, -0.15) is 13.2 Å². The fourth-order valence-corrected chi connectivity index (χ4v) is 3.00. The van der Waals surface area contributed by atoms with Crippen molar-refractivity contribution in [2.45, 2.75) is 26.1 Å². The van der Waals surface area contributed by atoms with E-state index in [-0.39, 0.29) is 39.4 Å². The number of alkyl halides is 3. The predicted octanol–water partition coefficient (Wildman–Crippen LogP) is 3.53. The van der Waals surface area contributed by atoms with Crippen molar-refractivity contribution in [3.05, 3.63) is 57.3 Å². The summed E-state index contributed by atoms with van der Waals surface area (Å²) >= 11 is 0. The number of nitrogens with zero attached hydrogens (tertiary/aromatic N) is 2. The molecule has 2 aromatic heterocycles. The monoisotopic (exact) mass is 422 g/mol. The van der Waals surface area contributed by atoms with E-state index in [2.05, 4.69) is 20.3 Å². The maximum absolute atomic E-state index is 13.7. The van der Waals surface area contributed by atoms with Gasteiger partial charge in [-0.25, -0.2) is 14.8 Å². The molecule has 8 nitrogen and oxygen atoms in total. The van der Waals surface area contributed by atoms with Crippen LogP contribution < -0.4 is 15.6 Å². The van der Waals surface area contributed by atoms with Crippen molar-refractivity contribution in [1.82, 2.24) is 15.0 Å². The molecule has 0 saturated heterocycles. The second-order valence-electron chi connectivity index (χ2n) is 6.53. The quantitative estimate of drug-likeness (QED) is 0.576. The number of aryl methyl sites for hydroxylation is 1. The van der Waals surface area contributed by atoms with E-state index in [0.29, 0.717) is 0 Å². The molecular formula is C19H17F3N4O4. The van der Waals surface area contributed by atoms with Crippen molar-refractivity contribution in [3.8, 4) is 5.75 Å². The molecule has 3 N–H and O–H groups in total. The molecule has 0 amide bonds. The Kier molecular flexibility index (Phi) is 5.38. The van der Waals surface area contributed by atoms with Crippen molar-refractivity contribution in [3.63, 3.8) is 0 Å². The largest absolute Gasteiger partial charge is 0.495 e. The molecule has 2 heterocycles. The molecule has 0 aliphatic rings. The highest BCUT2D eigenvalue weighted by Gasteiger charge is 2.37. The lowest BCUT2D eigenvalue weighted by molar-refractivity contribution is -0.141. The number of benzene rings is 1. The van der Waals surface area contributed by atoms with E-state index < -0.39 is 29.4 Å². The van der Waals surface area contributed by atoms with Crippen molar-refractivity contribution >= 4 is 22.7 Å². The van der Waals surface area contributed by atoms with Crippen LogP contribution in [0.5, 0.6) is 5.75 Å². The molecule has 3 aromatic rings. The summed E-state index contributed by atoms with van der Waals surface area (Å²) in [6, 6.07) is 4.08. The molecule has 0 bridgehead atoms. The first-order valence-corrected chi connectivity index (χ1v) is 8.68. The minimum atomic E-state index is -4.78. The van der Waals surface area contributed by atoms with Gasteiger partial charge in [0.2, 0.25) is 0 Å². The standard InChI is InChI=1S/C19H17F3N4O4/c1-8(23-13-5-4-10(18(28)29)6-14(13)30-3)11-7-12-16(24-9(2)25-17(12)27)26-15(11)19(20,21)22/h4-8,23H,1-3H3,(H,28,29)(H,24,25,26,27)/t8-/m0/s1. The Morgan fingerprint density at radius 1 is 1.27 bits per heavy atom. The van der Waals surface area contributed by atoms with E-state index >= 15 is 0 Å². The van der Waals surface area contributed by atoms with Crippen LogP contribution in [-0.2, 0) is 6.18 Å². The summed E-state index contributed by atoms with van der Waals surface area (Å²) in [4.78, 5) is 33.2. The fourth-order valence-electron chi connectivity index (χ4n) is 3.00. The first-order valence-electron chi connectivity index (χ1n) is 8.68. The summed E-state index contributed by atoms with van der Waals surface area (Å²) in [5, 5.41) is 11.9. The summed E-state index contributed by atoms with van der Waals surface area (Å²) < 4.78 is 46.2. The van der Waals surface area contributed by atoms with Gasteiger partial charge in [-0.1, -0.05) is 0 Å². The minimum absolute atomic E-state index is 0.0404. The fraction of sp³-hybridized carbons (Fsp3) is 0.263. The first-order chi connectivity index (χ1) is 14.0. The summed E-state index contributed by atoms with van der Waals surface area (Å²) in [6.07, 6.45) is -4.78. The zero-order chi connectivity index (χ0) is 22.2. The Bertz CT molecular complexity index is 1190. The number of carbonyl (C=O) groups is 1. The molecule has 0 aliphatic heterocycles. The molecule has 0 fully saturated rings. The van der Waals surface area contributed by atoms with Gasteiger partial charge >= 0.3 is 12.1 Å². The predicted molar refractivity (Wildman–Crippen MR) is 102 cm³/mol. The molecule has 0 unspecified atom stereocenters. The van der Waals surface area contributed by atoms with Crippen LogP contribution in [0.3, 0.4) is 0 Å². The highest BCUT2D eigenvalue weighted by molar-refractivity contribution is 5.89. The van der Waals surface area contributed by atoms with Gasteiger partial charge in [-0.05, 0) is 38.1 Å². The normalized spacial score (nSPS) is 12.6. The molecule has 158 valence electrons. The number of anilines is 1. The van der Waals surface area contributed by atoms with Crippen LogP contribution in [0.1, 0.15) is 40.4 Å². The minimum Gasteiger partial charge on any atom is -0.495 e. The Morgan fingerprint density at radius 2 is 1.97 bits per heavy atom. The number of aromatic amines is 1. The number of halogens is 3. The molecular weight excluding hydrogens is 405 g/mol. The lowest BCUT2D eigenvalue weighted by atomic mass is 10.0. The van der Waals surface area contributed by atoms with Crippen molar-refractivity contribution in [1.29, 1.82) is 0 Å². The van der Waals surface area contributed by atoms with Gasteiger partial charge in [0.05, 0.1) is 29.8 Å². The molecule has 0 aliphatic carbocycles. The van der Waals surface area contributed by atoms with E-state index in [1.54, 1.807) is 0 Å². The highest BCUT2D eigenvalue weighted by Crippen LogP contribution is 2.36. The number of methoxy groups -OCH3 is 1. The number of hydrogen-bond acceptors (Lipinski definition) is 6. The van der Waals surface area contributed by atoms with Crippen molar-refractivity contribution < 1.29 is 27.8 Å². The average Bonchev–Trinajstić information content (AvgIpc) is 2.66. The number of aromatic nitrogens is 3. The first kappa shape index (κ1) is 21.1. The number of rotatable bonds is 5. The van der Waals surface area contributed by atoms with E-state index in [1.807, 2.05) is 0 Å². The van der Waals surface area contributed by atoms with Crippen LogP contribution in [0.2, 0.25) is 0 Å². The van der Waals surface area contributed by atoms with Crippen LogP contribution in [0.15, 0.2) is 29.1 Å². The number of nitrogens with one attached hydrogen (secondary N) is 2. The van der Waals surface area contributed by atoms with Gasteiger partial charge < -0.3 is 20.1 Å². The molecule has 1 aromatic carbocycles. The van der Waals surface area contributed by atoms with Crippen molar-refractivity contribution in [2.24, 2.45) is 0 Å². The maximum atomic E-state index is 13.7. The van der Waals surface area contributed by atoms with Crippen LogP contribution >= 0.6 is 0 Å². The van der Waals surface area contributed by atoms with Crippen LogP contribution in [0.4, 0.5) is 18.9 Å². The number of pyridine rings is 1. The van der Waals surface area contributed by atoms with Crippen molar-refractivity contribution in [2.75, 3.05) is 12.4 Å². The zero-order valence-electron chi connectivity index (χ0n) is 16.1. The number of ether oxygens (including phenoxy) is 1. The van der Waals surface area contributed by atoms with Gasteiger partial charge in [0.1, 0.15) is 11.6 Å². The molecule has 1 atom stereocenters. The number of fused-ring (bicyclic) bond motifs is 1. The molecule has 11 heteroatoms. The summed E-state index contributed by atoms with van der Waals surface area (Å²) in [7, 11) is 1.31. The van der Waals surface area contributed by atoms with Gasteiger partial charge in [0.25, 0.3) is 5.56 Å². The molecule has 30 heavy (non-hydrogen) atoms. The third-order valence-corrected chi connectivity index (χ3v) is 4.40. The Balaban J connectivity index is 2.11. The summed E-state index contributed by atoms with van der Waals surface area (Å²) in [5.74, 6) is -0.887. The average molecular weight is 422 g/mol. The topological polar surface area (TPSA) is 117 Å². The van der Waals surface area contributed by atoms with Gasteiger partial charge in [0.15, 0.2) is 11.3 Å². The third-order valence-electron chi connectivity index (χ3n) is 4.40. The third kappa shape index (κ3) is 4.04. The Hall–Kier alpha value is -3.63. The number of carboxylic acid groups (broad SMARTS) is 1. The number of hydrogen-bond donors (Lipinski definition) is 3. The van der Waals surface area contributed by atoms with Gasteiger partial charge in [-0.3, -0.25) is 4.79 Å². The second kappa shape index (κ2) is 7.65. The lowest BCUT2D eigenvalue weighted by Crippen LogP contribution is -2.20. The van der Waals surface area contributed by atoms with Gasteiger partial charge in [0, 0.05) is 5.56 Å². The van der Waals surface area contributed by atoms with Crippen LogP contribution in [-0.4, -0.2) is 33.1 Å². The Labute approximate surface area is 167 Å².